The van der Waals surface area contributed by atoms with Crippen molar-refractivity contribution in [1.29, 1.82) is 0 Å². The van der Waals surface area contributed by atoms with Gasteiger partial charge in [-0.15, -0.1) is 0 Å². The van der Waals surface area contributed by atoms with Gasteiger partial charge in [-0.1, -0.05) is 15.9 Å². The largest absolute Gasteiger partial charge is 0.379 e. The number of morpholine rings is 1. The van der Waals surface area contributed by atoms with E-state index in [-0.39, 0.29) is 17.8 Å². The lowest BCUT2D eigenvalue weighted by Crippen LogP contribution is -2.68. The first-order valence-corrected chi connectivity index (χ1v) is 9.05. The fraction of sp³-hybridized carbons (Fsp3) is 0.438. The topological polar surface area (TPSA) is 68.9 Å². The van der Waals surface area contributed by atoms with Crippen LogP contribution in [0.1, 0.15) is 12.0 Å². The van der Waals surface area contributed by atoms with Crippen molar-refractivity contribution in [2.75, 3.05) is 31.3 Å². The van der Waals surface area contributed by atoms with Crippen LogP contribution < -0.4 is 21.1 Å². The third-order valence-corrected chi connectivity index (χ3v) is 5.09. The number of ether oxygens (including phenoxy) is 1. The normalized spacial score (nSPS) is 26.7. The van der Waals surface area contributed by atoms with Crippen LogP contribution in [0.5, 0.6) is 0 Å². The second-order valence-electron chi connectivity index (χ2n) is 6.21. The Labute approximate surface area is 157 Å². The molecular weight excluding hydrogens is 412 g/mol. The molecule has 1 amide bonds. The number of carbonyl (C=O) groups excluding carboxylic acids is 1. The fourth-order valence-electron chi connectivity index (χ4n) is 3.27. The van der Waals surface area contributed by atoms with Gasteiger partial charge in [-0.3, -0.25) is 20.0 Å². The number of halogens is 3. The van der Waals surface area contributed by atoms with E-state index in [1.54, 1.807) is 18.3 Å². The molecule has 7 nitrogen and oxygen atoms in total. The molecule has 3 aliphatic rings. The number of nitrogens with one attached hydrogen (secondary N) is 3. The summed E-state index contributed by atoms with van der Waals surface area (Å²) < 4.78 is 32.7. The molecule has 0 radical (unpaired) electrons. The number of nitrogens with zero attached hydrogens (tertiary/aromatic N) is 2. The number of hydrazine groups is 1. The molecule has 4 rings (SSSR count). The van der Waals surface area contributed by atoms with Crippen molar-refractivity contribution in [2.24, 2.45) is 0 Å². The number of fused-ring (bicyclic) bond motifs is 1. The molecule has 0 aromatic heterocycles. The van der Waals surface area contributed by atoms with Crippen molar-refractivity contribution in [2.45, 2.75) is 18.9 Å². The van der Waals surface area contributed by atoms with Gasteiger partial charge in [0.1, 0.15) is 12.5 Å². The number of alkyl halides is 2. The van der Waals surface area contributed by atoms with Crippen LogP contribution in [0.15, 0.2) is 34.4 Å². The Kier molecular flexibility index (Phi) is 4.93. The maximum atomic E-state index is 13.4. The molecular formula is C16H18BrF2N5O2. The highest BCUT2D eigenvalue weighted by atomic mass is 79.9. The van der Waals surface area contributed by atoms with Crippen molar-refractivity contribution < 1.29 is 18.3 Å². The summed E-state index contributed by atoms with van der Waals surface area (Å²) in [7, 11) is 0. The molecule has 3 heterocycles. The lowest BCUT2D eigenvalue weighted by atomic mass is 10.1. The average molecular weight is 430 g/mol. The number of anilines is 1. The molecule has 10 heteroatoms. The zero-order valence-corrected chi connectivity index (χ0v) is 15.3. The van der Waals surface area contributed by atoms with E-state index >= 15 is 0 Å². The smallest absolute Gasteiger partial charge is 0.265 e. The van der Waals surface area contributed by atoms with Gasteiger partial charge in [0.05, 0.1) is 24.5 Å². The third-order valence-electron chi connectivity index (χ3n) is 4.60. The minimum absolute atomic E-state index is 0.118. The maximum Gasteiger partial charge on any atom is 0.265 e. The molecule has 0 bridgehead atoms. The molecule has 26 heavy (non-hydrogen) atoms. The van der Waals surface area contributed by atoms with Crippen molar-refractivity contribution in [3.05, 3.63) is 40.0 Å². The molecule has 2 fully saturated rings. The molecule has 2 saturated heterocycles. The van der Waals surface area contributed by atoms with E-state index in [0.717, 1.165) is 0 Å². The molecule has 3 aliphatic heterocycles. The van der Waals surface area contributed by atoms with Gasteiger partial charge in [0.2, 0.25) is 0 Å². The van der Waals surface area contributed by atoms with Crippen LogP contribution in [-0.4, -0.2) is 49.6 Å². The summed E-state index contributed by atoms with van der Waals surface area (Å²) in [5.41, 5.74) is 3.73. The average Bonchev–Trinajstić information content (AvgIpc) is 3.07. The molecule has 1 aromatic rings. The molecule has 2 unspecified atom stereocenters. The van der Waals surface area contributed by atoms with Crippen LogP contribution in [0.2, 0.25) is 0 Å². The van der Waals surface area contributed by atoms with Gasteiger partial charge in [-0.05, 0) is 18.2 Å². The minimum Gasteiger partial charge on any atom is -0.379 e. The Morgan fingerprint density at radius 1 is 1.27 bits per heavy atom. The number of amides is 1. The Bertz CT molecular complexity index is 741. The van der Waals surface area contributed by atoms with Gasteiger partial charge < -0.3 is 10.1 Å². The molecule has 0 saturated carbocycles. The van der Waals surface area contributed by atoms with Gasteiger partial charge in [-0.2, -0.15) is 0 Å². The van der Waals surface area contributed by atoms with Crippen molar-refractivity contribution in [1.82, 2.24) is 21.0 Å². The Morgan fingerprint density at radius 3 is 2.77 bits per heavy atom. The Morgan fingerprint density at radius 2 is 2.04 bits per heavy atom. The first-order chi connectivity index (χ1) is 12.5. The predicted molar refractivity (Wildman–Crippen MR) is 94.0 cm³/mol. The number of hydrogen-bond acceptors (Lipinski definition) is 6. The quantitative estimate of drug-likeness (QED) is 0.671. The van der Waals surface area contributed by atoms with Crippen molar-refractivity contribution >= 4 is 27.5 Å². The van der Waals surface area contributed by atoms with Gasteiger partial charge >= 0.3 is 0 Å². The summed E-state index contributed by atoms with van der Waals surface area (Å²) in [6.07, 6.45) is -1.86. The second-order valence-corrected chi connectivity index (χ2v) is 7.13. The monoisotopic (exact) mass is 429 g/mol. The lowest BCUT2D eigenvalue weighted by Gasteiger charge is -2.40. The number of hydrogen-bond donors (Lipinski definition) is 3. The summed E-state index contributed by atoms with van der Waals surface area (Å²) in [6.45, 7) is 2.63. The zero-order valence-electron chi connectivity index (χ0n) is 13.7. The van der Waals surface area contributed by atoms with E-state index in [1.807, 2.05) is 0 Å². The van der Waals surface area contributed by atoms with Gasteiger partial charge in [0, 0.05) is 29.3 Å². The van der Waals surface area contributed by atoms with Crippen LogP contribution in [0, 0.1) is 0 Å². The molecule has 140 valence electrons. The van der Waals surface area contributed by atoms with Gasteiger partial charge in [0.15, 0.2) is 0 Å². The highest BCUT2D eigenvalue weighted by molar-refractivity contribution is 9.10. The molecule has 0 aliphatic carbocycles. The Hall–Kier alpha value is -1.59. The first kappa shape index (κ1) is 17.8. The molecule has 0 spiro atoms. The summed E-state index contributed by atoms with van der Waals surface area (Å²) in [5.74, 6) is -0.226. The van der Waals surface area contributed by atoms with E-state index < -0.39 is 12.6 Å². The van der Waals surface area contributed by atoms with Gasteiger partial charge in [0.25, 0.3) is 12.3 Å². The van der Waals surface area contributed by atoms with Crippen LogP contribution in [0.4, 0.5) is 14.5 Å². The second kappa shape index (κ2) is 7.20. The zero-order chi connectivity index (χ0) is 18.3. The van der Waals surface area contributed by atoms with Gasteiger partial charge in [-0.25, -0.2) is 14.2 Å². The number of benzene rings is 1. The number of carbonyl (C=O) groups is 1. The summed E-state index contributed by atoms with van der Waals surface area (Å²) in [5, 5.41) is 7.68. The standard InChI is InChI=1S/C16H18BrF2N5O2/c17-9-1-2-12(10(7-9)13(18)19)24-8-11-14(22-24)20-16(21-15(11)25)23-3-5-26-6-4-23/h1-2,7-8,13-14,16,20,22H,3-6H2,(H,21,25). The van der Waals surface area contributed by atoms with Crippen molar-refractivity contribution in [3.8, 4) is 0 Å². The van der Waals surface area contributed by atoms with E-state index in [2.05, 4.69) is 36.9 Å². The summed E-state index contributed by atoms with van der Waals surface area (Å²) in [6, 6.07) is 4.66. The molecule has 1 aromatic carbocycles. The highest BCUT2D eigenvalue weighted by Crippen LogP contribution is 2.34. The Balaban J connectivity index is 1.55. The van der Waals surface area contributed by atoms with Crippen molar-refractivity contribution in [3.63, 3.8) is 0 Å². The summed E-state index contributed by atoms with van der Waals surface area (Å²) in [4.78, 5) is 14.6. The summed E-state index contributed by atoms with van der Waals surface area (Å²) >= 11 is 3.22. The van der Waals surface area contributed by atoms with E-state index in [1.165, 1.54) is 11.1 Å². The van der Waals surface area contributed by atoms with Crippen LogP contribution in [0.3, 0.4) is 0 Å². The SMILES string of the molecule is O=C1NC(N2CCOCC2)NC2NN(c3ccc(Br)cc3C(F)F)C=C12. The van der Waals surface area contributed by atoms with Crippen LogP contribution >= 0.6 is 15.9 Å². The van der Waals surface area contributed by atoms with E-state index in [4.69, 9.17) is 4.74 Å². The highest BCUT2D eigenvalue weighted by Gasteiger charge is 2.39. The van der Waals surface area contributed by atoms with Crippen LogP contribution in [-0.2, 0) is 9.53 Å². The molecule has 3 N–H and O–H groups in total. The lowest BCUT2D eigenvalue weighted by molar-refractivity contribution is -0.123. The number of rotatable bonds is 3. The maximum absolute atomic E-state index is 13.4. The fourth-order valence-corrected chi connectivity index (χ4v) is 3.65. The molecule has 2 atom stereocenters. The minimum atomic E-state index is -2.63. The first-order valence-electron chi connectivity index (χ1n) is 8.26. The van der Waals surface area contributed by atoms with E-state index in [0.29, 0.717) is 42.0 Å². The van der Waals surface area contributed by atoms with E-state index in [9.17, 15) is 13.6 Å². The third kappa shape index (κ3) is 3.35. The van der Waals surface area contributed by atoms with Crippen LogP contribution in [0.25, 0.3) is 0 Å². The predicted octanol–water partition coefficient (Wildman–Crippen LogP) is 1.26.